The van der Waals surface area contributed by atoms with Crippen LogP contribution in [0.3, 0.4) is 0 Å². The van der Waals surface area contributed by atoms with Crippen molar-refractivity contribution < 1.29 is 9.72 Å². The van der Waals surface area contributed by atoms with Gasteiger partial charge in [-0.15, -0.1) is 0 Å². The van der Waals surface area contributed by atoms with Gasteiger partial charge in [0.1, 0.15) is 5.69 Å². The van der Waals surface area contributed by atoms with Crippen molar-refractivity contribution in [3.8, 4) is 5.95 Å². The molecule has 0 unspecified atom stereocenters. The van der Waals surface area contributed by atoms with Gasteiger partial charge in [-0.25, -0.2) is 14.6 Å². The van der Waals surface area contributed by atoms with E-state index in [1.54, 1.807) is 24.7 Å². The van der Waals surface area contributed by atoms with E-state index in [1.165, 1.54) is 36.0 Å². The number of benzene rings is 1. The summed E-state index contributed by atoms with van der Waals surface area (Å²) in [5.41, 5.74) is 0.881. The van der Waals surface area contributed by atoms with E-state index in [0.29, 0.717) is 11.6 Å². The molecule has 1 N–H and O–H groups in total. The fraction of sp³-hybridized carbons (Fsp3) is 0.0667. The first-order valence-electron chi connectivity index (χ1n) is 6.93. The molecular weight excluding hydrogens is 312 g/mol. The Hall–Kier alpha value is -3.62. The summed E-state index contributed by atoms with van der Waals surface area (Å²) < 4.78 is 1.44. The molecule has 2 aromatic heterocycles. The molecule has 0 atom stereocenters. The average Bonchev–Trinajstić information content (AvgIpc) is 3.04. The average molecular weight is 324 g/mol. The van der Waals surface area contributed by atoms with Gasteiger partial charge < -0.3 is 5.32 Å². The van der Waals surface area contributed by atoms with Crippen LogP contribution in [-0.4, -0.2) is 30.5 Å². The predicted molar refractivity (Wildman–Crippen MR) is 85.5 cm³/mol. The number of rotatable bonds is 5. The fourth-order valence-corrected chi connectivity index (χ4v) is 2.07. The zero-order valence-electron chi connectivity index (χ0n) is 12.6. The molecule has 0 aliphatic rings. The maximum absolute atomic E-state index is 11.4. The first kappa shape index (κ1) is 15.3. The molecular formula is C15H12N6O3. The van der Waals surface area contributed by atoms with E-state index in [9.17, 15) is 14.9 Å². The maximum atomic E-state index is 11.4. The highest BCUT2D eigenvalue weighted by atomic mass is 16.6. The minimum Gasteiger partial charge on any atom is -0.347 e. The molecule has 1 aromatic carbocycles. The van der Waals surface area contributed by atoms with Gasteiger partial charge in [-0.2, -0.15) is 5.10 Å². The smallest absolute Gasteiger partial charge is 0.293 e. The van der Waals surface area contributed by atoms with Crippen molar-refractivity contribution in [2.24, 2.45) is 0 Å². The molecule has 9 heteroatoms. The van der Waals surface area contributed by atoms with Gasteiger partial charge >= 0.3 is 0 Å². The molecule has 24 heavy (non-hydrogen) atoms. The van der Waals surface area contributed by atoms with E-state index in [0.717, 1.165) is 0 Å². The van der Waals surface area contributed by atoms with Gasteiger partial charge in [-0.05, 0) is 25.1 Å². The largest absolute Gasteiger partial charge is 0.347 e. The van der Waals surface area contributed by atoms with Crippen LogP contribution in [0.1, 0.15) is 17.3 Å². The number of carbonyl (C=O) groups excluding carboxylic acids is 1. The zero-order valence-corrected chi connectivity index (χ0v) is 12.6. The van der Waals surface area contributed by atoms with Gasteiger partial charge in [0.05, 0.1) is 23.0 Å². The summed E-state index contributed by atoms with van der Waals surface area (Å²) in [5, 5.41) is 18.3. The molecule has 0 fully saturated rings. The number of nitrogens with zero attached hydrogens (tertiary/aromatic N) is 5. The number of nitro groups is 1. The molecule has 0 amide bonds. The molecule has 0 spiro atoms. The highest BCUT2D eigenvalue weighted by Gasteiger charge is 2.17. The lowest BCUT2D eigenvalue weighted by Crippen LogP contribution is -2.01. The number of carbonyl (C=O) groups is 1. The summed E-state index contributed by atoms with van der Waals surface area (Å²) >= 11 is 0. The van der Waals surface area contributed by atoms with Crippen LogP contribution in [0.4, 0.5) is 17.1 Å². The number of hydrogen-bond acceptors (Lipinski definition) is 7. The number of anilines is 2. The summed E-state index contributed by atoms with van der Waals surface area (Å²) in [7, 11) is 0. The van der Waals surface area contributed by atoms with Crippen LogP contribution in [0.2, 0.25) is 0 Å². The molecule has 0 aliphatic heterocycles. The summed E-state index contributed by atoms with van der Waals surface area (Å²) in [6, 6.07) is 5.95. The molecule has 9 nitrogen and oxygen atoms in total. The van der Waals surface area contributed by atoms with Crippen LogP contribution >= 0.6 is 0 Å². The first-order valence-corrected chi connectivity index (χ1v) is 6.93. The molecule has 0 saturated carbocycles. The summed E-state index contributed by atoms with van der Waals surface area (Å²) in [6.07, 6.45) is 6.28. The van der Waals surface area contributed by atoms with Crippen LogP contribution in [0.5, 0.6) is 0 Å². The third-order valence-electron chi connectivity index (χ3n) is 3.22. The number of nitrogens with one attached hydrogen (secondary N) is 1. The third kappa shape index (κ3) is 3.09. The highest BCUT2D eigenvalue weighted by molar-refractivity contribution is 5.95. The zero-order chi connectivity index (χ0) is 17.1. The van der Waals surface area contributed by atoms with Gasteiger partial charge in [0.2, 0.25) is 5.95 Å². The Morgan fingerprint density at radius 2 is 2.04 bits per heavy atom. The summed E-state index contributed by atoms with van der Waals surface area (Å²) in [5.74, 6) is 0.144. The topological polar surface area (TPSA) is 116 Å². The van der Waals surface area contributed by atoms with Crippen LogP contribution in [0.25, 0.3) is 5.95 Å². The standard InChI is InChI=1S/C15H12N6O3/c1-10(22)11-3-4-13(14(7-11)21(23)24)19-12-8-18-20(9-12)15-16-5-2-6-17-15/h2-9,19H,1H3. The van der Waals surface area contributed by atoms with Crippen LogP contribution < -0.4 is 5.32 Å². The molecule has 2 heterocycles. The van der Waals surface area contributed by atoms with Crippen LogP contribution in [0, 0.1) is 10.1 Å². The number of hydrogen-bond donors (Lipinski definition) is 1. The van der Waals surface area contributed by atoms with E-state index in [-0.39, 0.29) is 22.7 Å². The fourth-order valence-electron chi connectivity index (χ4n) is 2.07. The van der Waals surface area contributed by atoms with Gasteiger partial charge in [0.25, 0.3) is 5.69 Å². The van der Waals surface area contributed by atoms with Gasteiger partial charge in [0, 0.05) is 24.0 Å². The van der Waals surface area contributed by atoms with Crippen molar-refractivity contribution in [2.75, 3.05) is 5.32 Å². The third-order valence-corrected chi connectivity index (χ3v) is 3.22. The molecule has 3 rings (SSSR count). The van der Waals surface area contributed by atoms with E-state index in [4.69, 9.17) is 0 Å². The molecule has 3 aromatic rings. The minimum absolute atomic E-state index is 0.189. The van der Waals surface area contributed by atoms with Crippen molar-refractivity contribution in [2.45, 2.75) is 6.92 Å². The predicted octanol–water partition coefficient (Wildman–Crippen LogP) is 2.52. The van der Waals surface area contributed by atoms with Crippen molar-refractivity contribution in [3.05, 3.63) is 64.7 Å². The molecule has 0 radical (unpaired) electrons. The second-order valence-electron chi connectivity index (χ2n) is 4.89. The van der Waals surface area contributed by atoms with Gasteiger partial charge in [-0.3, -0.25) is 14.9 Å². The summed E-state index contributed by atoms with van der Waals surface area (Å²) in [4.78, 5) is 30.2. The molecule has 0 bridgehead atoms. The number of nitro benzene ring substituents is 1. The lowest BCUT2D eigenvalue weighted by Gasteiger charge is -2.05. The SMILES string of the molecule is CC(=O)c1ccc(Nc2cnn(-c3ncccn3)c2)c([N+](=O)[O-])c1. The van der Waals surface area contributed by atoms with Gasteiger partial charge in [-0.1, -0.05) is 0 Å². The lowest BCUT2D eigenvalue weighted by molar-refractivity contribution is -0.383. The number of aromatic nitrogens is 4. The second kappa shape index (κ2) is 6.24. The van der Waals surface area contributed by atoms with E-state index in [1.807, 2.05) is 0 Å². The number of Topliss-reactive ketones (excluding diaryl/α,β-unsaturated/α-hetero) is 1. The van der Waals surface area contributed by atoms with E-state index < -0.39 is 4.92 Å². The van der Waals surface area contributed by atoms with Gasteiger partial charge in [0.15, 0.2) is 5.78 Å². The Morgan fingerprint density at radius 3 is 2.71 bits per heavy atom. The van der Waals surface area contributed by atoms with E-state index in [2.05, 4.69) is 20.4 Å². The Labute approximate surface area is 136 Å². The molecule has 0 aliphatic carbocycles. The Bertz CT molecular complexity index is 907. The van der Waals surface area contributed by atoms with E-state index >= 15 is 0 Å². The van der Waals surface area contributed by atoms with Crippen molar-refractivity contribution >= 4 is 22.8 Å². The Morgan fingerprint density at radius 1 is 1.29 bits per heavy atom. The van der Waals surface area contributed by atoms with Crippen molar-refractivity contribution in [3.63, 3.8) is 0 Å². The first-order chi connectivity index (χ1) is 11.5. The second-order valence-corrected chi connectivity index (χ2v) is 4.89. The minimum atomic E-state index is -0.542. The van der Waals surface area contributed by atoms with Crippen LogP contribution in [-0.2, 0) is 0 Å². The quantitative estimate of drug-likeness (QED) is 0.435. The summed E-state index contributed by atoms with van der Waals surface area (Å²) in [6.45, 7) is 1.36. The Balaban J connectivity index is 1.90. The molecule has 0 saturated heterocycles. The maximum Gasteiger partial charge on any atom is 0.293 e. The number of ketones is 1. The Kier molecular flexibility index (Phi) is 3.98. The normalized spacial score (nSPS) is 10.4. The van der Waals surface area contributed by atoms with Crippen molar-refractivity contribution in [1.82, 2.24) is 19.7 Å². The van der Waals surface area contributed by atoms with Crippen LogP contribution in [0.15, 0.2) is 49.1 Å². The van der Waals surface area contributed by atoms with Crippen molar-refractivity contribution in [1.29, 1.82) is 0 Å². The lowest BCUT2D eigenvalue weighted by atomic mass is 10.1. The monoisotopic (exact) mass is 324 g/mol. The molecule has 120 valence electrons. The highest BCUT2D eigenvalue weighted by Crippen LogP contribution is 2.28.